The molecule has 0 unspecified atom stereocenters. The molecule has 1 aromatic carbocycles. The molecule has 2 heterocycles. The molecule has 0 saturated carbocycles. The SMILES string of the molecule is Cc1ccc(-c2ccc(/C=N\NC(=O)c3cnccn3)o2)cc1Cl. The Morgan fingerprint density at radius 2 is 2.17 bits per heavy atom. The smallest absolute Gasteiger partial charge is 0.291 e. The van der Waals surface area contributed by atoms with E-state index in [-0.39, 0.29) is 5.69 Å². The van der Waals surface area contributed by atoms with Gasteiger partial charge in [-0.15, -0.1) is 0 Å². The Hall–Kier alpha value is -2.99. The van der Waals surface area contributed by atoms with E-state index in [1.54, 1.807) is 6.07 Å². The van der Waals surface area contributed by atoms with Crippen LogP contribution in [0, 0.1) is 6.92 Å². The van der Waals surface area contributed by atoms with Crippen molar-refractivity contribution >= 4 is 23.7 Å². The van der Waals surface area contributed by atoms with Gasteiger partial charge in [-0.3, -0.25) is 9.78 Å². The third-order valence-electron chi connectivity index (χ3n) is 3.24. The Labute approximate surface area is 143 Å². The zero-order chi connectivity index (χ0) is 16.9. The zero-order valence-corrected chi connectivity index (χ0v) is 13.5. The van der Waals surface area contributed by atoms with Gasteiger partial charge in [-0.2, -0.15) is 5.10 Å². The maximum atomic E-state index is 11.8. The summed E-state index contributed by atoms with van der Waals surface area (Å²) < 4.78 is 5.66. The van der Waals surface area contributed by atoms with Crippen molar-refractivity contribution in [1.29, 1.82) is 0 Å². The Kier molecular flexibility index (Phi) is 4.67. The van der Waals surface area contributed by atoms with Crippen molar-refractivity contribution in [3.63, 3.8) is 0 Å². The zero-order valence-electron chi connectivity index (χ0n) is 12.7. The summed E-state index contributed by atoms with van der Waals surface area (Å²) in [7, 11) is 0. The third-order valence-corrected chi connectivity index (χ3v) is 3.64. The Morgan fingerprint density at radius 3 is 2.92 bits per heavy atom. The van der Waals surface area contributed by atoms with Crippen LogP contribution in [0.15, 0.2) is 58.4 Å². The van der Waals surface area contributed by atoms with Crippen molar-refractivity contribution in [2.24, 2.45) is 5.10 Å². The maximum absolute atomic E-state index is 11.8. The maximum Gasteiger partial charge on any atom is 0.291 e. The molecule has 1 amide bonds. The molecule has 7 heteroatoms. The van der Waals surface area contributed by atoms with E-state index in [2.05, 4.69) is 20.5 Å². The molecule has 2 aromatic heterocycles. The molecular weight excluding hydrogens is 328 g/mol. The first-order chi connectivity index (χ1) is 11.6. The standard InChI is InChI=1S/C17H13ClN4O2/c1-11-2-3-12(8-14(11)18)16-5-4-13(24-16)9-21-22-17(23)15-10-19-6-7-20-15/h2-10H,1H3,(H,22,23)/b21-9-. The summed E-state index contributed by atoms with van der Waals surface area (Å²) in [4.78, 5) is 19.5. The van der Waals surface area contributed by atoms with Gasteiger partial charge in [0.2, 0.25) is 0 Å². The van der Waals surface area contributed by atoms with Crippen LogP contribution in [-0.2, 0) is 0 Å². The molecule has 24 heavy (non-hydrogen) atoms. The minimum absolute atomic E-state index is 0.184. The first kappa shape index (κ1) is 15.9. The van der Waals surface area contributed by atoms with Crippen molar-refractivity contribution in [1.82, 2.24) is 15.4 Å². The highest BCUT2D eigenvalue weighted by Gasteiger charge is 2.07. The molecular formula is C17H13ClN4O2. The van der Waals surface area contributed by atoms with Crippen LogP contribution in [0.2, 0.25) is 5.02 Å². The lowest BCUT2D eigenvalue weighted by Crippen LogP contribution is -2.18. The number of halogens is 1. The Bertz CT molecular complexity index is 891. The summed E-state index contributed by atoms with van der Waals surface area (Å²) in [6.45, 7) is 1.94. The summed E-state index contributed by atoms with van der Waals surface area (Å²) in [5.41, 5.74) is 4.41. The number of aromatic nitrogens is 2. The van der Waals surface area contributed by atoms with Crippen LogP contribution in [-0.4, -0.2) is 22.1 Å². The van der Waals surface area contributed by atoms with E-state index in [1.165, 1.54) is 24.8 Å². The van der Waals surface area contributed by atoms with Gasteiger partial charge >= 0.3 is 0 Å². The number of carbonyl (C=O) groups is 1. The summed E-state index contributed by atoms with van der Waals surface area (Å²) in [6.07, 6.45) is 5.69. The highest BCUT2D eigenvalue weighted by Crippen LogP contribution is 2.26. The highest BCUT2D eigenvalue weighted by molar-refractivity contribution is 6.31. The van der Waals surface area contributed by atoms with Crippen LogP contribution in [0.4, 0.5) is 0 Å². The van der Waals surface area contributed by atoms with Gasteiger partial charge in [0.05, 0.1) is 12.4 Å². The lowest BCUT2D eigenvalue weighted by Gasteiger charge is -2.00. The number of hydrogen-bond acceptors (Lipinski definition) is 5. The monoisotopic (exact) mass is 340 g/mol. The van der Waals surface area contributed by atoms with E-state index >= 15 is 0 Å². The van der Waals surface area contributed by atoms with Gasteiger partial charge in [-0.05, 0) is 30.7 Å². The number of hydrogen-bond donors (Lipinski definition) is 1. The van der Waals surface area contributed by atoms with Crippen molar-refractivity contribution < 1.29 is 9.21 Å². The topological polar surface area (TPSA) is 80.4 Å². The van der Waals surface area contributed by atoms with Crippen LogP contribution in [0.1, 0.15) is 21.8 Å². The molecule has 1 N–H and O–H groups in total. The van der Waals surface area contributed by atoms with Gasteiger partial charge in [0.15, 0.2) is 0 Å². The van der Waals surface area contributed by atoms with E-state index in [4.69, 9.17) is 16.0 Å². The van der Waals surface area contributed by atoms with Crippen LogP contribution >= 0.6 is 11.6 Å². The van der Waals surface area contributed by atoms with E-state index in [0.29, 0.717) is 16.5 Å². The van der Waals surface area contributed by atoms with Crippen molar-refractivity contribution in [2.75, 3.05) is 0 Å². The fraction of sp³-hybridized carbons (Fsp3) is 0.0588. The quantitative estimate of drug-likeness (QED) is 0.582. The van der Waals surface area contributed by atoms with Gasteiger partial charge in [0.25, 0.3) is 5.91 Å². The molecule has 3 aromatic rings. The molecule has 0 aliphatic rings. The summed E-state index contributed by atoms with van der Waals surface area (Å²) in [6, 6.07) is 9.26. The first-order valence-corrected chi connectivity index (χ1v) is 7.47. The van der Waals surface area contributed by atoms with Crippen LogP contribution in [0.5, 0.6) is 0 Å². The fourth-order valence-electron chi connectivity index (χ4n) is 1.95. The molecule has 0 spiro atoms. The number of nitrogens with zero attached hydrogens (tertiary/aromatic N) is 3. The van der Waals surface area contributed by atoms with Crippen LogP contribution in [0.3, 0.4) is 0 Å². The minimum atomic E-state index is -0.448. The molecule has 0 radical (unpaired) electrons. The molecule has 0 aliphatic carbocycles. The fourth-order valence-corrected chi connectivity index (χ4v) is 2.13. The summed E-state index contributed by atoms with van der Waals surface area (Å²) >= 11 is 6.12. The molecule has 6 nitrogen and oxygen atoms in total. The average Bonchev–Trinajstić information content (AvgIpc) is 3.07. The van der Waals surface area contributed by atoms with E-state index in [9.17, 15) is 4.79 Å². The third kappa shape index (κ3) is 3.67. The molecule has 0 bridgehead atoms. The van der Waals surface area contributed by atoms with Gasteiger partial charge in [-0.25, -0.2) is 10.4 Å². The number of amides is 1. The lowest BCUT2D eigenvalue weighted by molar-refractivity contribution is 0.0949. The van der Waals surface area contributed by atoms with Crippen molar-refractivity contribution in [3.05, 3.63) is 71.0 Å². The number of nitrogens with one attached hydrogen (secondary N) is 1. The van der Waals surface area contributed by atoms with Crippen LogP contribution < -0.4 is 5.43 Å². The van der Waals surface area contributed by atoms with Crippen molar-refractivity contribution in [2.45, 2.75) is 6.92 Å². The molecule has 120 valence electrons. The Morgan fingerprint density at radius 1 is 1.29 bits per heavy atom. The summed E-state index contributed by atoms with van der Waals surface area (Å²) in [5.74, 6) is 0.719. The highest BCUT2D eigenvalue weighted by atomic mass is 35.5. The number of carbonyl (C=O) groups excluding carboxylic acids is 1. The minimum Gasteiger partial charge on any atom is -0.455 e. The largest absolute Gasteiger partial charge is 0.455 e. The predicted molar refractivity (Wildman–Crippen MR) is 91.0 cm³/mol. The number of furan rings is 1. The molecule has 0 aliphatic heterocycles. The second-order valence-electron chi connectivity index (χ2n) is 4.96. The van der Waals surface area contributed by atoms with Gasteiger partial charge in [-0.1, -0.05) is 23.7 Å². The number of aryl methyl sites for hydroxylation is 1. The first-order valence-electron chi connectivity index (χ1n) is 7.09. The molecule has 3 rings (SSSR count). The predicted octanol–water partition coefficient (Wildman–Crippen LogP) is 3.46. The number of benzene rings is 1. The van der Waals surface area contributed by atoms with E-state index in [0.717, 1.165) is 11.1 Å². The van der Waals surface area contributed by atoms with E-state index < -0.39 is 5.91 Å². The second kappa shape index (κ2) is 7.06. The average molecular weight is 341 g/mol. The number of rotatable bonds is 4. The van der Waals surface area contributed by atoms with Gasteiger partial charge < -0.3 is 4.42 Å². The lowest BCUT2D eigenvalue weighted by atomic mass is 10.1. The van der Waals surface area contributed by atoms with Gasteiger partial charge in [0.1, 0.15) is 17.2 Å². The summed E-state index contributed by atoms with van der Waals surface area (Å²) in [5, 5.41) is 4.52. The van der Waals surface area contributed by atoms with E-state index in [1.807, 2.05) is 31.2 Å². The molecule has 0 atom stereocenters. The molecule has 0 fully saturated rings. The second-order valence-corrected chi connectivity index (χ2v) is 5.36. The number of hydrazone groups is 1. The van der Waals surface area contributed by atoms with Crippen molar-refractivity contribution in [3.8, 4) is 11.3 Å². The normalized spacial score (nSPS) is 10.9. The van der Waals surface area contributed by atoms with Gasteiger partial charge in [0, 0.05) is 23.0 Å². The Balaban J connectivity index is 1.67. The van der Waals surface area contributed by atoms with Crippen LogP contribution in [0.25, 0.3) is 11.3 Å². The molecule has 0 saturated heterocycles.